The SMILES string of the molecule is CC1=C(C(=O)OC(C)C)[C@H](c2cccc(Cl)c2)C2=C(CC(C)(C)CC2=O)N1. The number of hydrogen-bond acceptors (Lipinski definition) is 4. The van der Waals surface area contributed by atoms with Crippen molar-refractivity contribution in [1.29, 1.82) is 0 Å². The number of allylic oxidation sites excluding steroid dienone is 3. The Bertz CT molecular complexity index is 864. The molecule has 27 heavy (non-hydrogen) atoms. The van der Waals surface area contributed by atoms with Crippen LogP contribution in [0, 0.1) is 5.41 Å². The Morgan fingerprint density at radius 3 is 2.63 bits per heavy atom. The van der Waals surface area contributed by atoms with E-state index in [-0.39, 0.29) is 17.3 Å². The average Bonchev–Trinajstić information content (AvgIpc) is 2.51. The predicted molar refractivity (Wildman–Crippen MR) is 106 cm³/mol. The van der Waals surface area contributed by atoms with Gasteiger partial charge >= 0.3 is 5.97 Å². The van der Waals surface area contributed by atoms with Gasteiger partial charge in [-0.05, 0) is 50.3 Å². The van der Waals surface area contributed by atoms with Gasteiger partial charge in [0.15, 0.2) is 5.78 Å². The third-order valence-electron chi connectivity index (χ3n) is 4.98. The normalized spacial score (nSPS) is 21.9. The van der Waals surface area contributed by atoms with E-state index in [1.54, 1.807) is 6.07 Å². The molecule has 1 atom stereocenters. The van der Waals surface area contributed by atoms with Crippen molar-refractivity contribution >= 4 is 23.4 Å². The third kappa shape index (κ3) is 3.96. The number of nitrogens with one attached hydrogen (secondary N) is 1. The number of halogens is 1. The number of dihydropyridines is 1. The van der Waals surface area contributed by atoms with Gasteiger partial charge in [0.1, 0.15) is 0 Å². The van der Waals surface area contributed by atoms with Crippen LogP contribution in [0.2, 0.25) is 5.02 Å². The molecule has 0 fully saturated rings. The summed E-state index contributed by atoms with van der Waals surface area (Å²) in [5.41, 5.74) is 3.50. The van der Waals surface area contributed by atoms with E-state index >= 15 is 0 Å². The summed E-state index contributed by atoms with van der Waals surface area (Å²) in [5.74, 6) is -0.792. The molecule has 0 saturated carbocycles. The smallest absolute Gasteiger partial charge is 0.337 e. The minimum absolute atomic E-state index is 0.0704. The van der Waals surface area contributed by atoms with Gasteiger partial charge in [-0.2, -0.15) is 0 Å². The maximum atomic E-state index is 13.1. The van der Waals surface area contributed by atoms with E-state index in [1.165, 1.54) is 0 Å². The highest BCUT2D eigenvalue weighted by Crippen LogP contribution is 2.47. The highest BCUT2D eigenvalue weighted by atomic mass is 35.5. The minimum Gasteiger partial charge on any atom is -0.460 e. The standard InChI is InChI=1S/C22H26ClNO3/c1-12(2)27-21(26)18-13(3)24-16-10-22(4,5)11-17(25)20(16)19(18)14-7-6-8-15(23)9-14/h6-9,12,19,24H,10-11H2,1-5H3/t19-/m0/s1. The van der Waals surface area contributed by atoms with Gasteiger partial charge in [-0.3, -0.25) is 4.79 Å². The molecular formula is C22H26ClNO3. The first-order valence-electron chi connectivity index (χ1n) is 9.29. The molecule has 1 aliphatic heterocycles. The van der Waals surface area contributed by atoms with Crippen molar-refractivity contribution in [2.24, 2.45) is 5.41 Å². The minimum atomic E-state index is -0.463. The monoisotopic (exact) mass is 387 g/mol. The Balaban J connectivity index is 2.17. The summed E-state index contributed by atoms with van der Waals surface area (Å²) in [6, 6.07) is 7.37. The lowest BCUT2D eigenvalue weighted by Gasteiger charge is -2.39. The number of hydrogen-bond donors (Lipinski definition) is 1. The summed E-state index contributed by atoms with van der Waals surface area (Å²) in [6.45, 7) is 9.68. The lowest BCUT2D eigenvalue weighted by atomic mass is 9.68. The summed E-state index contributed by atoms with van der Waals surface area (Å²) in [4.78, 5) is 26.0. The fourth-order valence-electron chi connectivity index (χ4n) is 4.00. The van der Waals surface area contributed by atoms with Gasteiger partial charge in [0.05, 0.1) is 11.7 Å². The molecule has 0 radical (unpaired) electrons. The van der Waals surface area contributed by atoms with Crippen LogP contribution in [0.3, 0.4) is 0 Å². The lowest BCUT2D eigenvalue weighted by molar-refractivity contribution is -0.143. The maximum absolute atomic E-state index is 13.1. The first-order chi connectivity index (χ1) is 12.6. The average molecular weight is 388 g/mol. The molecule has 5 heteroatoms. The second-order valence-corrected chi connectivity index (χ2v) is 8.88. The number of carbonyl (C=O) groups excluding carboxylic acids is 2. The quantitative estimate of drug-likeness (QED) is 0.750. The van der Waals surface area contributed by atoms with Gasteiger partial charge in [0, 0.05) is 34.3 Å². The molecule has 1 heterocycles. The molecule has 4 nitrogen and oxygen atoms in total. The number of benzene rings is 1. The Kier molecular flexibility index (Phi) is 5.22. The molecule has 1 aromatic rings. The van der Waals surface area contributed by atoms with E-state index in [0.29, 0.717) is 22.6 Å². The van der Waals surface area contributed by atoms with Crippen LogP contribution in [-0.4, -0.2) is 17.9 Å². The summed E-state index contributed by atoms with van der Waals surface area (Å²) < 4.78 is 5.49. The number of esters is 1. The van der Waals surface area contributed by atoms with Crippen LogP contribution >= 0.6 is 11.6 Å². The Morgan fingerprint density at radius 1 is 1.30 bits per heavy atom. The highest BCUT2D eigenvalue weighted by Gasteiger charge is 2.43. The number of carbonyl (C=O) groups is 2. The van der Waals surface area contributed by atoms with Crippen molar-refractivity contribution in [3.05, 3.63) is 57.4 Å². The van der Waals surface area contributed by atoms with Gasteiger partial charge in [-0.25, -0.2) is 4.79 Å². The second kappa shape index (κ2) is 7.16. The molecule has 0 bridgehead atoms. The Hall–Kier alpha value is -2.07. The third-order valence-corrected chi connectivity index (χ3v) is 5.22. The molecule has 2 aliphatic rings. The molecule has 0 unspecified atom stereocenters. The van der Waals surface area contributed by atoms with E-state index in [2.05, 4.69) is 19.2 Å². The Morgan fingerprint density at radius 2 is 2.00 bits per heavy atom. The van der Waals surface area contributed by atoms with Crippen LogP contribution in [0.4, 0.5) is 0 Å². The van der Waals surface area contributed by atoms with Crippen molar-refractivity contribution in [1.82, 2.24) is 5.32 Å². The zero-order valence-electron chi connectivity index (χ0n) is 16.5. The molecule has 1 N–H and O–H groups in total. The topological polar surface area (TPSA) is 55.4 Å². The van der Waals surface area contributed by atoms with Gasteiger partial charge in [0.2, 0.25) is 0 Å². The maximum Gasteiger partial charge on any atom is 0.337 e. The predicted octanol–water partition coefficient (Wildman–Crippen LogP) is 4.90. The van der Waals surface area contributed by atoms with Gasteiger partial charge < -0.3 is 10.1 Å². The van der Waals surface area contributed by atoms with E-state index in [0.717, 1.165) is 23.4 Å². The van der Waals surface area contributed by atoms with E-state index in [1.807, 2.05) is 39.0 Å². The van der Waals surface area contributed by atoms with E-state index in [4.69, 9.17) is 16.3 Å². The van der Waals surface area contributed by atoms with Crippen molar-refractivity contribution in [2.75, 3.05) is 0 Å². The number of rotatable bonds is 3. The summed E-state index contributed by atoms with van der Waals surface area (Å²) in [6.07, 6.45) is 0.972. The largest absolute Gasteiger partial charge is 0.460 e. The zero-order valence-corrected chi connectivity index (χ0v) is 17.2. The Labute approximate surface area is 165 Å². The van der Waals surface area contributed by atoms with Crippen LogP contribution < -0.4 is 5.32 Å². The molecule has 3 rings (SSSR count). The van der Waals surface area contributed by atoms with Gasteiger partial charge in [-0.1, -0.05) is 37.6 Å². The van der Waals surface area contributed by atoms with Crippen molar-refractivity contribution in [3.8, 4) is 0 Å². The van der Waals surface area contributed by atoms with Crippen LogP contribution in [0.25, 0.3) is 0 Å². The fourth-order valence-corrected chi connectivity index (χ4v) is 4.20. The second-order valence-electron chi connectivity index (χ2n) is 8.44. The molecule has 0 aromatic heterocycles. The molecule has 144 valence electrons. The van der Waals surface area contributed by atoms with E-state index in [9.17, 15) is 9.59 Å². The summed E-state index contributed by atoms with van der Waals surface area (Å²) >= 11 is 6.22. The van der Waals surface area contributed by atoms with Crippen LogP contribution in [0.5, 0.6) is 0 Å². The fraction of sp³-hybridized carbons (Fsp3) is 0.455. The van der Waals surface area contributed by atoms with Gasteiger partial charge in [-0.15, -0.1) is 0 Å². The molecule has 0 spiro atoms. The molecule has 1 aliphatic carbocycles. The van der Waals surface area contributed by atoms with Crippen molar-refractivity contribution < 1.29 is 14.3 Å². The van der Waals surface area contributed by atoms with Crippen LogP contribution in [0.15, 0.2) is 46.8 Å². The highest BCUT2D eigenvalue weighted by molar-refractivity contribution is 6.30. The van der Waals surface area contributed by atoms with Crippen LogP contribution in [-0.2, 0) is 14.3 Å². The number of Topliss-reactive ketones (excluding diaryl/α,β-unsaturated/α-hetero) is 1. The molecular weight excluding hydrogens is 362 g/mol. The summed E-state index contributed by atoms with van der Waals surface area (Å²) in [5, 5.41) is 3.90. The van der Waals surface area contributed by atoms with Crippen molar-refractivity contribution in [2.45, 2.75) is 59.5 Å². The zero-order chi connectivity index (χ0) is 19.9. The number of ether oxygens (including phenoxy) is 1. The first kappa shape index (κ1) is 19.7. The number of ketones is 1. The molecule has 0 saturated heterocycles. The first-order valence-corrected chi connectivity index (χ1v) is 9.67. The molecule has 0 amide bonds. The summed E-state index contributed by atoms with van der Waals surface area (Å²) in [7, 11) is 0. The van der Waals surface area contributed by atoms with Crippen LogP contribution in [0.1, 0.15) is 58.9 Å². The molecule has 1 aromatic carbocycles. The lowest BCUT2D eigenvalue weighted by Crippen LogP contribution is -2.39. The van der Waals surface area contributed by atoms with E-state index < -0.39 is 11.9 Å². The van der Waals surface area contributed by atoms with Crippen molar-refractivity contribution in [3.63, 3.8) is 0 Å². The van der Waals surface area contributed by atoms with Gasteiger partial charge in [0.25, 0.3) is 0 Å².